The molecule has 0 atom stereocenters. The minimum Gasteiger partial charge on any atom is -0.493 e. The Morgan fingerprint density at radius 2 is 1.80 bits per heavy atom. The van der Waals surface area contributed by atoms with Crippen LogP contribution >= 0.6 is 15.9 Å². The number of hydrogen-bond acceptors (Lipinski definition) is 5. The molecule has 0 unspecified atom stereocenters. The fraction of sp³-hybridized carbons (Fsp3) is 0.190. The molecule has 3 rings (SSSR count). The second kappa shape index (κ2) is 8.43. The number of halogens is 4. The standard InChI is InChI=1S/C21H17BrF3N3O2/c1-11(2)13-9-16(22)18(17(10-13)29-4)30-20-27-12(3)26-19(28-20)14-7-5-6-8-15(14)21(23,24)25/h5-10H,1H2,2-4H3. The SMILES string of the molecule is C=C(C)c1cc(Br)c(Oc2nc(C)nc(-c3ccccc3C(F)(F)F)n2)c(OC)c1. The van der Waals surface area contributed by atoms with Crippen LogP contribution in [-0.2, 0) is 6.18 Å². The Kier molecular flexibility index (Phi) is 6.12. The van der Waals surface area contributed by atoms with Crippen LogP contribution in [0.1, 0.15) is 23.9 Å². The molecule has 0 aliphatic heterocycles. The highest BCUT2D eigenvalue weighted by atomic mass is 79.9. The van der Waals surface area contributed by atoms with Crippen LogP contribution in [0.15, 0.2) is 47.4 Å². The molecular weight excluding hydrogens is 463 g/mol. The Bertz CT molecular complexity index is 1120. The summed E-state index contributed by atoms with van der Waals surface area (Å²) in [5.74, 6) is 0.737. The van der Waals surface area contributed by atoms with Crippen molar-refractivity contribution in [2.24, 2.45) is 0 Å². The number of allylic oxidation sites excluding steroid dienone is 1. The van der Waals surface area contributed by atoms with Gasteiger partial charge in [0.25, 0.3) is 0 Å². The van der Waals surface area contributed by atoms with Gasteiger partial charge < -0.3 is 9.47 Å². The highest BCUT2D eigenvalue weighted by Crippen LogP contribution is 2.41. The number of rotatable bonds is 5. The van der Waals surface area contributed by atoms with Gasteiger partial charge in [-0.15, -0.1) is 0 Å². The van der Waals surface area contributed by atoms with Crippen molar-refractivity contribution in [3.8, 4) is 28.9 Å². The van der Waals surface area contributed by atoms with E-state index in [1.807, 2.05) is 6.92 Å². The number of hydrogen-bond donors (Lipinski definition) is 0. The summed E-state index contributed by atoms with van der Waals surface area (Å²) in [4.78, 5) is 12.3. The lowest BCUT2D eigenvalue weighted by atomic mass is 10.1. The van der Waals surface area contributed by atoms with E-state index in [1.165, 1.54) is 25.3 Å². The summed E-state index contributed by atoms with van der Waals surface area (Å²) in [5, 5.41) is 0. The van der Waals surface area contributed by atoms with Crippen molar-refractivity contribution in [2.75, 3.05) is 7.11 Å². The summed E-state index contributed by atoms with van der Waals surface area (Å²) in [6, 6.07) is 8.44. The second-order valence-electron chi connectivity index (χ2n) is 6.40. The monoisotopic (exact) mass is 479 g/mol. The van der Waals surface area contributed by atoms with E-state index >= 15 is 0 Å². The van der Waals surface area contributed by atoms with E-state index in [4.69, 9.17) is 9.47 Å². The Morgan fingerprint density at radius 1 is 1.10 bits per heavy atom. The number of aromatic nitrogens is 3. The van der Waals surface area contributed by atoms with Crippen LogP contribution in [0.25, 0.3) is 17.0 Å². The van der Waals surface area contributed by atoms with Crippen molar-refractivity contribution < 1.29 is 22.6 Å². The molecule has 0 N–H and O–H groups in total. The van der Waals surface area contributed by atoms with Crippen molar-refractivity contribution >= 4 is 21.5 Å². The molecule has 1 heterocycles. The summed E-state index contributed by atoms with van der Waals surface area (Å²) < 4.78 is 51.9. The third kappa shape index (κ3) is 4.62. The van der Waals surface area contributed by atoms with E-state index in [0.717, 1.165) is 17.2 Å². The number of ether oxygens (including phenoxy) is 2. The molecule has 0 saturated heterocycles. The van der Waals surface area contributed by atoms with Crippen LogP contribution in [0, 0.1) is 6.92 Å². The van der Waals surface area contributed by atoms with Crippen molar-refractivity contribution in [1.82, 2.24) is 15.0 Å². The second-order valence-corrected chi connectivity index (χ2v) is 7.26. The molecule has 1 aromatic heterocycles. The Labute approximate surface area is 179 Å². The fourth-order valence-corrected chi connectivity index (χ4v) is 3.23. The van der Waals surface area contributed by atoms with E-state index in [9.17, 15) is 13.2 Å². The Morgan fingerprint density at radius 3 is 2.43 bits per heavy atom. The summed E-state index contributed by atoms with van der Waals surface area (Å²) >= 11 is 3.42. The molecular formula is C21H17BrF3N3O2. The van der Waals surface area contributed by atoms with Gasteiger partial charge in [0.15, 0.2) is 17.3 Å². The van der Waals surface area contributed by atoms with E-state index in [1.54, 1.807) is 19.1 Å². The number of methoxy groups -OCH3 is 1. The van der Waals surface area contributed by atoms with Gasteiger partial charge in [-0.25, -0.2) is 4.98 Å². The first-order valence-electron chi connectivity index (χ1n) is 8.70. The van der Waals surface area contributed by atoms with Gasteiger partial charge in [-0.3, -0.25) is 0 Å². The van der Waals surface area contributed by atoms with Gasteiger partial charge >= 0.3 is 12.2 Å². The lowest BCUT2D eigenvalue weighted by Crippen LogP contribution is -2.09. The van der Waals surface area contributed by atoms with E-state index in [-0.39, 0.29) is 29.0 Å². The first-order valence-corrected chi connectivity index (χ1v) is 9.50. The fourth-order valence-electron chi connectivity index (χ4n) is 2.71. The largest absolute Gasteiger partial charge is 0.493 e. The van der Waals surface area contributed by atoms with Gasteiger partial charge in [0.1, 0.15) is 5.82 Å². The van der Waals surface area contributed by atoms with E-state index in [0.29, 0.717) is 10.2 Å². The van der Waals surface area contributed by atoms with Crippen molar-refractivity contribution in [1.29, 1.82) is 0 Å². The Hall–Kier alpha value is -2.94. The van der Waals surface area contributed by atoms with Crippen LogP contribution < -0.4 is 9.47 Å². The number of benzene rings is 2. The lowest BCUT2D eigenvalue weighted by molar-refractivity contribution is -0.137. The molecule has 30 heavy (non-hydrogen) atoms. The average Bonchev–Trinajstić information content (AvgIpc) is 2.68. The molecule has 0 spiro atoms. The summed E-state index contributed by atoms with van der Waals surface area (Å²) in [7, 11) is 1.47. The van der Waals surface area contributed by atoms with Gasteiger partial charge in [0, 0.05) is 5.56 Å². The van der Waals surface area contributed by atoms with Crippen LogP contribution in [0.4, 0.5) is 13.2 Å². The first-order chi connectivity index (χ1) is 14.1. The summed E-state index contributed by atoms with van der Waals surface area (Å²) in [5.41, 5.74) is 0.649. The van der Waals surface area contributed by atoms with Crippen LogP contribution in [-0.4, -0.2) is 22.1 Å². The molecule has 0 radical (unpaired) electrons. The Balaban J connectivity index is 2.08. The highest BCUT2D eigenvalue weighted by molar-refractivity contribution is 9.10. The summed E-state index contributed by atoms with van der Waals surface area (Å²) in [6.07, 6.45) is -4.55. The maximum atomic E-state index is 13.4. The maximum absolute atomic E-state index is 13.4. The number of aryl methyl sites for hydroxylation is 1. The molecule has 0 amide bonds. The van der Waals surface area contributed by atoms with Crippen LogP contribution in [0.5, 0.6) is 17.5 Å². The molecule has 0 saturated carbocycles. The number of alkyl halides is 3. The van der Waals surface area contributed by atoms with E-state index < -0.39 is 11.7 Å². The smallest absolute Gasteiger partial charge is 0.417 e. The first kappa shape index (κ1) is 21.8. The molecule has 2 aromatic carbocycles. The molecule has 0 fully saturated rings. The third-order valence-electron chi connectivity index (χ3n) is 4.12. The normalized spacial score (nSPS) is 11.3. The minimum atomic E-state index is -4.55. The molecule has 3 aromatic rings. The van der Waals surface area contributed by atoms with E-state index in [2.05, 4.69) is 37.5 Å². The predicted molar refractivity (Wildman–Crippen MR) is 110 cm³/mol. The van der Waals surface area contributed by atoms with Crippen molar-refractivity contribution in [3.63, 3.8) is 0 Å². The van der Waals surface area contributed by atoms with Gasteiger partial charge in [-0.1, -0.05) is 30.4 Å². The zero-order valence-corrected chi connectivity index (χ0v) is 17.9. The molecule has 0 aliphatic carbocycles. The molecule has 5 nitrogen and oxygen atoms in total. The van der Waals surface area contributed by atoms with Gasteiger partial charge in [-0.2, -0.15) is 23.1 Å². The molecule has 0 bridgehead atoms. The zero-order valence-electron chi connectivity index (χ0n) is 16.3. The molecule has 0 aliphatic rings. The minimum absolute atomic E-state index is 0.140. The molecule has 156 valence electrons. The van der Waals surface area contributed by atoms with Crippen molar-refractivity contribution in [2.45, 2.75) is 20.0 Å². The van der Waals surface area contributed by atoms with Crippen LogP contribution in [0.3, 0.4) is 0 Å². The zero-order chi connectivity index (χ0) is 22.1. The number of nitrogens with zero attached hydrogens (tertiary/aromatic N) is 3. The lowest BCUT2D eigenvalue weighted by Gasteiger charge is -2.15. The average molecular weight is 480 g/mol. The van der Waals surface area contributed by atoms with Crippen LogP contribution in [0.2, 0.25) is 0 Å². The topological polar surface area (TPSA) is 57.1 Å². The van der Waals surface area contributed by atoms with Gasteiger partial charge in [0.05, 0.1) is 17.1 Å². The quantitative estimate of drug-likeness (QED) is 0.420. The third-order valence-corrected chi connectivity index (χ3v) is 4.70. The van der Waals surface area contributed by atoms with Gasteiger partial charge in [-0.05, 0) is 53.5 Å². The predicted octanol–water partition coefficient (Wildman–Crippen LogP) is 6.46. The van der Waals surface area contributed by atoms with Gasteiger partial charge in [0.2, 0.25) is 0 Å². The summed E-state index contributed by atoms with van der Waals surface area (Å²) in [6.45, 7) is 7.29. The molecule has 9 heteroatoms. The van der Waals surface area contributed by atoms with Crippen molar-refractivity contribution in [3.05, 3.63) is 64.4 Å². The highest BCUT2D eigenvalue weighted by Gasteiger charge is 2.34. The maximum Gasteiger partial charge on any atom is 0.417 e.